The fraction of sp³-hybridized carbons (Fsp3) is 0.727. The molecule has 80 valence electrons. The lowest BCUT2D eigenvalue weighted by molar-refractivity contribution is -0.129. The topological polar surface area (TPSA) is 32.3 Å². The van der Waals surface area contributed by atoms with Crippen LogP contribution in [0.15, 0.2) is 12.7 Å². The zero-order valence-electron chi connectivity index (χ0n) is 9.34. The summed E-state index contributed by atoms with van der Waals surface area (Å²) in [6.45, 7) is 9.50. The van der Waals surface area contributed by atoms with Crippen molar-refractivity contribution in [2.45, 2.75) is 25.8 Å². The van der Waals surface area contributed by atoms with Crippen LogP contribution >= 0.6 is 0 Å². The van der Waals surface area contributed by atoms with Crippen molar-refractivity contribution in [2.24, 2.45) is 5.92 Å². The van der Waals surface area contributed by atoms with Gasteiger partial charge in [-0.15, -0.1) is 6.58 Å². The van der Waals surface area contributed by atoms with Gasteiger partial charge in [0, 0.05) is 31.0 Å². The number of likely N-dealkylation sites (tertiary alicyclic amines) is 1. The standard InChI is InChI=1S/C11H20N2O/c1-5-6-13-10(14)7-9(8-12-4)11(13,2)3/h5,9,12H,1,6-8H2,2-4H3. The molecular weight excluding hydrogens is 176 g/mol. The lowest BCUT2D eigenvalue weighted by atomic mass is 9.88. The van der Waals surface area contributed by atoms with Gasteiger partial charge in [0.2, 0.25) is 5.91 Å². The fourth-order valence-electron chi connectivity index (χ4n) is 2.15. The summed E-state index contributed by atoms with van der Waals surface area (Å²) in [5.41, 5.74) is -0.0473. The van der Waals surface area contributed by atoms with Crippen LogP contribution in [0.5, 0.6) is 0 Å². The van der Waals surface area contributed by atoms with Gasteiger partial charge in [-0.1, -0.05) is 6.08 Å². The quantitative estimate of drug-likeness (QED) is 0.681. The zero-order chi connectivity index (χ0) is 10.8. The second-order valence-electron chi connectivity index (χ2n) is 4.41. The third-order valence-electron chi connectivity index (χ3n) is 3.18. The van der Waals surface area contributed by atoms with E-state index in [4.69, 9.17) is 0 Å². The van der Waals surface area contributed by atoms with E-state index in [1.165, 1.54) is 0 Å². The largest absolute Gasteiger partial charge is 0.334 e. The van der Waals surface area contributed by atoms with Gasteiger partial charge in [-0.3, -0.25) is 4.79 Å². The van der Waals surface area contributed by atoms with Crippen LogP contribution in [0.1, 0.15) is 20.3 Å². The van der Waals surface area contributed by atoms with Crippen molar-refractivity contribution in [2.75, 3.05) is 20.1 Å². The maximum absolute atomic E-state index is 11.7. The van der Waals surface area contributed by atoms with Gasteiger partial charge in [0.1, 0.15) is 0 Å². The maximum atomic E-state index is 11.7. The Morgan fingerprint density at radius 3 is 2.86 bits per heavy atom. The van der Waals surface area contributed by atoms with Crippen molar-refractivity contribution < 1.29 is 4.79 Å². The van der Waals surface area contributed by atoms with E-state index in [1.807, 2.05) is 11.9 Å². The number of carbonyl (C=O) groups excluding carboxylic acids is 1. The van der Waals surface area contributed by atoms with Gasteiger partial charge < -0.3 is 10.2 Å². The molecule has 0 spiro atoms. The van der Waals surface area contributed by atoms with Crippen molar-refractivity contribution in [1.82, 2.24) is 10.2 Å². The van der Waals surface area contributed by atoms with E-state index in [2.05, 4.69) is 25.7 Å². The van der Waals surface area contributed by atoms with Crippen molar-refractivity contribution in [3.05, 3.63) is 12.7 Å². The minimum atomic E-state index is -0.0473. The summed E-state index contributed by atoms with van der Waals surface area (Å²) >= 11 is 0. The highest BCUT2D eigenvalue weighted by atomic mass is 16.2. The molecule has 0 bridgehead atoms. The normalized spacial score (nSPS) is 25.5. The number of hydrogen-bond acceptors (Lipinski definition) is 2. The summed E-state index contributed by atoms with van der Waals surface area (Å²) in [5, 5.41) is 3.14. The molecule has 1 aliphatic heterocycles. The summed E-state index contributed by atoms with van der Waals surface area (Å²) in [5.74, 6) is 0.648. The second kappa shape index (κ2) is 4.13. The summed E-state index contributed by atoms with van der Waals surface area (Å²) in [7, 11) is 1.93. The molecule has 14 heavy (non-hydrogen) atoms. The molecule has 1 unspecified atom stereocenters. The molecule has 3 heteroatoms. The van der Waals surface area contributed by atoms with E-state index in [9.17, 15) is 4.79 Å². The van der Waals surface area contributed by atoms with Crippen molar-refractivity contribution in [3.8, 4) is 0 Å². The third-order valence-corrected chi connectivity index (χ3v) is 3.18. The molecule has 0 aromatic carbocycles. The molecule has 0 radical (unpaired) electrons. The monoisotopic (exact) mass is 196 g/mol. The van der Waals surface area contributed by atoms with Crippen LogP contribution in [0.4, 0.5) is 0 Å². The Morgan fingerprint density at radius 1 is 1.71 bits per heavy atom. The van der Waals surface area contributed by atoms with Crippen LogP contribution < -0.4 is 5.32 Å². The molecule has 1 amide bonds. The number of nitrogens with one attached hydrogen (secondary N) is 1. The van der Waals surface area contributed by atoms with Gasteiger partial charge >= 0.3 is 0 Å². The maximum Gasteiger partial charge on any atom is 0.223 e. The minimum Gasteiger partial charge on any atom is -0.334 e. The van der Waals surface area contributed by atoms with Crippen molar-refractivity contribution in [1.29, 1.82) is 0 Å². The van der Waals surface area contributed by atoms with E-state index < -0.39 is 0 Å². The molecular formula is C11H20N2O. The molecule has 1 atom stereocenters. The molecule has 0 saturated carbocycles. The summed E-state index contributed by atoms with van der Waals surface area (Å²) < 4.78 is 0. The number of nitrogens with zero attached hydrogens (tertiary/aromatic N) is 1. The predicted octanol–water partition coefficient (Wildman–Crippen LogP) is 1.02. The predicted molar refractivity (Wildman–Crippen MR) is 58.0 cm³/mol. The van der Waals surface area contributed by atoms with Crippen molar-refractivity contribution >= 4 is 5.91 Å². The molecule has 0 aliphatic carbocycles. The smallest absolute Gasteiger partial charge is 0.223 e. The summed E-state index contributed by atoms with van der Waals surface area (Å²) in [4.78, 5) is 13.6. The Balaban J connectivity index is 2.78. The van der Waals surface area contributed by atoms with Crippen LogP contribution in [0.3, 0.4) is 0 Å². The number of hydrogen-bond donors (Lipinski definition) is 1. The highest BCUT2D eigenvalue weighted by Gasteiger charge is 2.44. The molecule has 1 heterocycles. The van der Waals surface area contributed by atoms with E-state index >= 15 is 0 Å². The first-order valence-electron chi connectivity index (χ1n) is 5.10. The fourth-order valence-corrected chi connectivity index (χ4v) is 2.15. The van der Waals surface area contributed by atoms with Crippen molar-refractivity contribution in [3.63, 3.8) is 0 Å². The van der Waals surface area contributed by atoms with Gasteiger partial charge in [0.15, 0.2) is 0 Å². The summed E-state index contributed by atoms with van der Waals surface area (Å²) in [6, 6.07) is 0. The second-order valence-corrected chi connectivity index (χ2v) is 4.41. The number of amides is 1. The van der Waals surface area contributed by atoms with Crippen LogP contribution in [0.2, 0.25) is 0 Å². The number of carbonyl (C=O) groups is 1. The Kier molecular flexibility index (Phi) is 3.32. The highest BCUT2D eigenvalue weighted by molar-refractivity contribution is 5.80. The zero-order valence-corrected chi connectivity index (χ0v) is 9.34. The Labute approximate surface area is 86.2 Å². The lowest BCUT2D eigenvalue weighted by Crippen LogP contribution is -2.46. The lowest BCUT2D eigenvalue weighted by Gasteiger charge is -2.35. The van der Waals surface area contributed by atoms with Crippen LogP contribution in [-0.2, 0) is 4.79 Å². The average Bonchev–Trinajstić information content (AvgIpc) is 2.30. The molecule has 1 saturated heterocycles. The van der Waals surface area contributed by atoms with Gasteiger partial charge in [-0.05, 0) is 20.9 Å². The molecule has 1 rings (SSSR count). The molecule has 3 nitrogen and oxygen atoms in total. The number of rotatable bonds is 4. The van der Waals surface area contributed by atoms with Gasteiger partial charge in [-0.25, -0.2) is 0 Å². The highest BCUT2D eigenvalue weighted by Crippen LogP contribution is 2.34. The molecule has 0 aromatic heterocycles. The van der Waals surface area contributed by atoms with Gasteiger partial charge in [-0.2, -0.15) is 0 Å². The first-order chi connectivity index (χ1) is 6.54. The average molecular weight is 196 g/mol. The summed E-state index contributed by atoms with van der Waals surface area (Å²) in [6.07, 6.45) is 2.45. The van der Waals surface area contributed by atoms with E-state index in [0.29, 0.717) is 18.9 Å². The van der Waals surface area contributed by atoms with E-state index in [1.54, 1.807) is 6.08 Å². The van der Waals surface area contributed by atoms with E-state index in [-0.39, 0.29) is 11.4 Å². The van der Waals surface area contributed by atoms with Gasteiger partial charge in [0.05, 0.1) is 0 Å². The van der Waals surface area contributed by atoms with Gasteiger partial charge in [0.25, 0.3) is 0 Å². The third kappa shape index (κ3) is 1.82. The first kappa shape index (κ1) is 11.2. The molecule has 1 fully saturated rings. The Hall–Kier alpha value is -0.830. The molecule has 0 aromatic rings. The minimum absolute atomic E-state index is 0.0473. The Morgan fingerprint density at radius 2 is 2.36 bits per heavy atom. The van der Waals surface area contributed by atoms with Crippen LogP contribution in [-0.4, -0.2) is 36.5 Å². The Bertz CT molecular complexity index is 235. The molecule has 1 N–H and O–H groups in total. The first-order valence-corrected chi connectivity index (χ1v) is 5.10. The molecule has 1 aliphatic rings. The van der Waals surface area contributed by atoms with Crippen LogP contribution in [0.25, 0.3) is 0 Å². The SMILES string of the molecule is C=CCN1C(=O)CC(CNC)C1(C)C. The van der Waals surface area contributed by atoms with E-state index in [0.717, 1.165) is 6.54 Å². The van der Waals surface area contributed by atoms with Crippen LogP contribution in [0, 0.1) is 5.92 Å².